The van der Waals surface area contributed by atoms with Crippen molar-refractivity contribution >= 4 is 23.3 Å². The van der Waals surface area contributed by atoms with Crippen molar-refractivity contribution in [1.82, 2.24) is 4.98 Å². The first kappa shape index (κ1) is 13.9. The molecule has 0 aliphatic carbocycles. The van der Waals surface area contributed by atoms with Crippen molar-refractivity contribution in [3.63, 3.8) is 0 Å². The van der Waals surface area contributed by atoms with Crippen LogP contribution in [0.25, 0.3) is 0 Å². The second kappa shape index (κ2) is 5.72. The minimum absolute atomic E-state index is 0.0333. The summed E-state index contributed by atoms with van der Waals surface area (Å²) in [6.07, 6.45) is 1.56. The summed E-state index contributed by atoms with van der Waals surface area (Å²) >= 11 is 0. The SMILES string of the molecule is O=C(CN1C(=O)COc2cc(O)ccc21)Nc1ccccn1. The van der Waals surface area contributed by atoms with Gasteiger partial charge in [-0.1, -0.05) is 6.07 Å². The third-order valence-corrected chi connectivity index (χ3v) is 3.12. The Morgan fingerprint density at radius 2 is 2.23 bits per heavy atom. The number of phenolic OH excluding ortho intramolecular Hbond substituents is 1. The molecule has 22 heavy (non-hydrogen) atoms. The molecule has 0 fully saturated rings. The van der Waals surface area contributed by atoms with Crippen molar-refractivity contribution in [2.24, 2.45) is 0 Å². The number of aromatic nitrogens is 1. The lowest BCUT2D eigenvalue weighted by Gasteiger charge is -2.28. The van der Waals surface area contributed by atoms with Gasteiger partial charge in [0.15, 0.2) is 6.61 Å². The van der Waals surface area contributed by atoms with E-state index in [2.05, 4.69) is 10.3 Å². The van der Waals surface area contributed by atoms with Crippen LogP contribution in [-0.4, -0.2) is 35.1 Å². The van der Waals surface area contributed by atoms with E-state index < -0.39 is 0 Å². The number of anilines is 2. The number of rotatable bonds is 3. The molecular weight excluding hydrogens is 286 g/mol. The van der Waals surface area contributed by atoms with Crippen LogP contribution in [0.5, 0.6) is 11.5 Å². The highest BCUT2D eigenvalue weighted by Crippen LogP contribution is 2.34. The van der Waals surface area contributed by atoms with Crippen LogP contribution in [0.1, 0.15) is 0 Å². The van der Waals surface area contributed by atoms with Gasteiger partial charge < -0.3 is 15.2 Å². The van der Waals surface area contributed by atoms with Crippen molar-refractivity contribution in [3.05, 3.63) is 42.6 Å². The standard InChI is InChI=1S/C15H13N3O4/c19-10-4-5-11-12(7-10)22-9-15(21)18(11)8-14(20)17-13-3-1-2-6-16-13/h1-7,19H,8-9H2,(H,16,17,20). The maximum absolute atomic E-state index is 12.1. The lowest BCUT2D eigenvalue weighted by Crippen LogP contribution is -2.43. The van der Waals surface area contributed by atoms with E-state index in [4.69, 9.17) is 4.74 Å². The van der Waals surface area contributed by atoms with Gasteiger partial charge in [0, 0.05) is 12.3 Å². The molecule has 0 bridgehead atoms. The van der Waals surface area contributed by atoms with Gasteiger partial charge in [-0.2, -0.15) is 0 Å². The minimum Gasteiger partial charge on any atom is -0.508 e. The summed E-state index contributed by atoms with van der Waals surface area (Å²) in [5.74, 6) is 0.123. The van der Waals surface area contributed by atoms with Crippen LogP contribution in [0.15, 0.2) is 42.6 Å². The van der Waals surface area contributed by atoms with E-state index in [1.807, 2.05) is 0 Å². The molecule has 0 spiro atoms. The molecule has 2 aromatic rings. The van der Waals surface area contributed by atoms with E-state index in [0.717, 1.165) is 0 Å². The smallest absolute Gasteiger partial charge is 0.265 e. The van der Waals surface area contributed by atoms with Crippen molar-refractivity contribution in [2.75, 3.05) is 23.4 Å². The number of carbonyl (C=O) groups excluding carboxylic acids is 2. The van der Waals surface area contributed by atoms with E-state index in [0.29, 0.717) is 17.3 Å². The Bertz CT molecular complexity index is 718. The van der Waals surface area contributed by atoms with E-state index in [-0.39, 0.29) is 30.7 Å². The van der Waals surface area contributed by atoms with Gasteiger partial charge in [0.2, 0.25) is 5.91 Å². The summed E-state index contributed by atoms with van der Waals surface area (Å²) in [6, 6.07) is 9.53. The number of aromatic hydroxyl groups is 1. The first-order chi connectivity index (χ1) is 10.6. The molecule has 2 heterocycles. The number of amides is 2. The summed E-state index contributed by atoms with van der Waals surface area (Å²) in [5.41, 5.74) is 0.449. The number of nitrogens with one attached hydrogen (secondary N) is 1. The third kappa shape index (κ3) is 2.83. The van der Waals surface area contributed by atoms with Gasteiger partial charge in [-0.05, 0) is 24.3 Å². The van der Waals surface area contributed by atoms with Crippen molar-refractivity contribution in [2.45, 2.75) is 0 Å². The monoisotopic (exact) mass is 299 g/mol. The van der Waals surface area contributed by atoms with Crippen LogP contribution in [0.3, 0.4) is 0 Å². The molecule has 7 nitrogen and oxygen atoms in total. The summed E-state index contributed by atoms with van der Waals surface area (Å²) in [4.78, 5) is 29.4. The molecule has 2 N–H and O–H groups in total. The number of ether oxygens (including phenoxy) is 1. The maximum atomic E-state index is 12.1. The van der Waals surface area contributed by atoms with Gasteiger partial charge in [0.05, 0.1) is 5.69 Å². The minimum atomic E-state index is -0.368. The van der Waals surface area contributed by atoms with Crippen LogP contribution in [0, 0.1) is 0 Å². The Labute approximate surface area is 126 Å². The fourth-order valence-corrected chi connectivity index (χ4v) is 2.13. The van der Waals surface area contributed by atoms with Crippen molar-refractivity contribution < 1.29 is 19.4 Å². The van der Waals surface area contributed by atoms with Crippen LogP contribution in [0.4, 0.5) is 11.5 Å². The highest BCUT2D eigenvalue weighted by molar-refractivity contribution is 6.04. The van der Waals surface area contributed by atoms with Crippen LogP contribution >= 0.6 is 0 Å². The third-order valence-electron chi connectivity index (χ3n) is 3.12. The average molecular weight is 299 g/mol. The fourth-order valence-electron chi connectivity index (χ4n) is 2.13. The summed E-state index contributed by atoms with van der Waals surface area (Å²) < 4.78 is 5.25. The van der Waals surface area contributed by atoms with Gasteiger partial charge in [-0.3, -0.25) is 14.5 Å². The number of phenols is 1. The van der Waals surface area contributed by atoms with Crippen LogP contribution in [0.2, 0.25) is 0 Å². The predicted octanol–water partition coefficient (Wildman–Crippen LogP) is 1.15. The zero-order valence-electron chi connectivity index (χ0n) is 11.5. The second-order valence-corrected chi connectivity index (χ2v) is 4.68. The number of hydrogen-bond acceptors (Lipinski definition) is 5. The second-order valence-electron chi connectivity index (χ2n) is 4.68. The van der Waals surface area contributed by atoms with Gasteiger partial charge in [-0.25, -0.2) is 4.98 Å². The molecule has 0 unspecified atom stereocenters. The first-order valence-electron chi connectivity index (χ1n) is 6.60. The predicted molar refractivity (Wildman–Crippen MR) is 78.8 cm³/mol. The van der Waals surface area contributed by atoms with Crippen LogP contribution < -0.4 is 15.0 Å². The number of pyridine rings is 1. The summed E-state index contributed by atoms with van der Waals surface area (Å²) in [7, 11) is 0. The normalized spacial score (nSPS) is 13.3. The molecular formula is C15H13N3O4. The molecule has 0 saturated carbocycles. The fraction of sp³-hybridized carbons (Fsp3) is 0.133. The zero-order chi connectivity index (χ0) is 15.5. The molecule has 1 aromatic carbocycles. The van der Waals surface area contributed by atoms with E-state index in [1.54, 1.807) is 24.4 Å². The molecule has 7 heteroatoms. The molecule has 3 rings (SSSR count). The lowest BCUT2D eigenvalue weighted by molar-refractivity contribution is -0.123. The Hall–Kier alpha value is -3.09. The molecule has 1 aliphatic heterocycles. The molecule has 0 saturated heterocycles. The lowest BCUT2D eigenvalue weighted by atomic mass is 10.2. The largest absolute Gasteiger partial charge is 0.508 e. The van der Waals surface area contributed by atoms with Gasteiger partial charge in [-0.15, -0.1) is 0 Å². The highest BCUT2D eigenvalue weighted by atomic mass is 16.5. The van der Waals surface area contributed by atoms with Crippen LogP contribution in [-0.2, 0) is 9.59 Å². The number of hydrogen-bond donors (Lipinski definition) is 2. The first-order valence-corrected chi connectivity index (χ1v) is 6.60. The molecule has 0 radical (unpaired) electrons. The van der Waals surface area contributed by atoms with Gasteiger partial charge in [0.1, 0.15) is 23.9 Å². The van der Waals surface area contributed by atoms with Gasteiger partial charge in [0.25, 0.3) is 5.91 Å². The number of nitrogens with zero attached hydrogens (tertiary/aromatic N) is 2. The maximum Gasteiger partial charge on any atom is 0.265 e. The van der Waals surface area contributed by atoms with E-state index in [1.165, 1.54) is 23.1 Å². The summed E-state index contributed by atoms with van der Waals surface area (Å²) in [5, 5.41) is 12.1. The van der Waals surface area contributed by atoms with E-state index in [9.17, 15) is 14.7 Å². The number of benzene rings is 1. The molecule has 112 valence electrons. The van der Waals surface area contributed by atoms with Gasteiger partial charge >= 0.3 is 0 Å². The van der Waals surface area contributed by atoms with E-state index >= 15 is 0 Å². The molecule has 2 amide bonds. The number of carbonyl (C=O) groups is 2. The Morgan fingerprint density at radius 1 is 1.36 bits per heavy atom. The summed E-state index contributed by atoms with van der Waals surface area (Å²) in [6.45, 7) is -0.330. The average Bonchev–Trinajstić information content (AvgIpc) is 2.51. The molecule has 1 aromatic heterocycles. The molecule has 1 aliphatic rings. The van der Waals surface area contributed by atoms with Crippen molar-refractivity contribution in [1.29, 1.82) is 0 Å². The zero-order valence-corrected chi connectivity index (χ0v) is 11.5. The Kier molecular flexibility index (Phi) is 3.61. The Balaban J connectivity index is 1.77. The van der Waals surface area contributed by atoms with Crippen molar-refractivity contribution in [3.8, 4) is 11.5 Å². The highest BCUT2D eigenvalue weighted by Gasteiger charge is 2.27. The quantitative estimate of drug-likeness (QED) is 0.887. The Morgan fingerprint density at radius 3 is 3.00 bits per heavy atom. The topological polar surface area (TPSA) is 91.8 Å². The molecule has 0 atom stereocenters. The number of fused-ring (bicyclic) bond motifs is 1.